The van der Waals surface area contributed by atoms with E-state index in [-0.39, 0.29) is 42.3 Å². The number of amides is 2. The lowest BCUT2D eigenvalue weighted by molar-refractivity contribution is -0.155. The summed E-state index contributed by atoms with van der Waals surface area (Å²) in [6.45, 7) is 13.6. The lowest BCUT2D eigenvalue weighted by Crippen LogP contribution is -2.60. The Morgan fingerprint density at radius 2 is 2.08 bits per heavy atom. The molecule has 0 radical (unpaired) electrons. The van der Waals surface area contributed by atoms with Gasteiger partial charge in [-0.15, -0.1) is 6.58 Å². The van der Waals surface area contributed by atoms with Crippen LogP contribution in [0.25, 0.3) is 0 Å². The number of aryl methyl sites for hydroxylation is 2. The molecule has 9 heteroatoms. The van der Waals surface area contributed by atoms with E-state index < -0.39 is 41.6 Å². The predicted octanol–water partition coefficient (Wildman–Crippen LogP) is 3.54. The number of esters is 1. The summed E-state index contributed by atoms with van der Waals surface area (Å²) in [6, 6.07) is 4.28. The molecule has 3 aliphatic heterocycles. The molecule has 2 bridgehead atoms. The maximum absolute atomic E-state index is 14.7. The average molecular weight is 592 g/mol. The van der Waals surface area contributed by atoms with Crippen molar-refractivity contribution in [3.8, 4) is 0 Å². The fourth-order valence-electron chi connectivity index (χ4n) is 6.62. The highest BCUT2D eigenvalue weighted by Crippen LogP contribution is 2.61. The summed E-state index contributed by atoms with van der Waals surface area (Å²) in [6.07, 6.45) is 2.18. The Kier molecular flexibility index (Phi) is 8.40. The van der Waals surface area contributed by atoms with Crippen LogP contribution in [-0.4, -0.2) is 76.2 Å². The molecule has 0 aromatic heterocycles. The van der Waals surface area contributed by atoms with Gasteiger partial charge in [0.25, 0.3) is 5.91 Å². The summed E-state index contributed by atoms with van der Waals surface area (Å²) in [7, 11) is 0. The molecule has 1 unspecified atom stereocenters. The van der Waals surface area contributed by atoms with E-state index in [9.17, 15) is 19.5 Å². The van der Waals surface area contributed by atoms with Gasteiger partial charge < -0.3 is 24.4 Å². The second-order valence-corrected chi connectivity index (χ2v) is 12.0. The van der Waals surface area contributed by atoms with E-state index in [0.29, 0.717) is 12.8 Å². The number of anilines is 1. The number of likely N-dealkylation sites (tertiary alicyclic amines) is 1. The minimum Gasteiger partial charge on any atom is -0.466 e. The molecule has 8 nitrogen and oxygen atoms in total. The van der Waals surface area contributed by atoms with Crippen molar-refractivity contribution in [2.45, 2.75) is 76.1 Å². The number of halogens is 1. The Morgan fingerprint density at radius 3 is 2.68 bits per heavy atom. The Balaban J connectivity index is 1.89. The molecule has 208 valence electrons. The Hall–Kier alpha value is -2.23. The summed E-state index contributed by atoms with van der Waals surface area (Å²) in [5.74, 6) is -2.90. The molecule has 38 heavy (non-hydrogen) atoms. The fourth-order valence-corrected chi connectivity index (χ4v) is 7.56. The first-order valence-corrected chi connectivity index (χ1v) is 14.4. The second-order valence-electron chi connectivity index (χ2n) is 10.8. The third-order valence-electron chi connectivity index (χ3n) is 8.60. The smallest absolute Gasteiger partial charge is 0.312 e. The van der Waals surface area contributed by atoms with E-state index in [2.05, 4.69) is 22.5 Å². The Labute approximate surface area is 233 Å². The first-order chi connectivity index (χ1) is 18.1. The number of ether oxygens (including phenoxy) is 2. The standard InChI is InChI=1S/C29H39BrN2O6/c1-7-12-31(20-13-16(4)10-11-18(20)6)27(35)25-29-14-19(30)24(38-29)22(28(36)37-9-3)23(29)26(34)32(25)21(15-33)17(5)8-2/h7,10-11,13,17,19,21-25,33H,1,8-9,12,14-15H2,2-6H3/t17-,19?,21-,22-,23+,24-,25-,29+/m0/s1. The van der Waals surface area contributed by atoms with Crippen molar-refractivity contribution in [2.24, 2.45) is 17.8 Å². The van der Waals surface area contributed by atoms with Crippen LogP contribution in [0, 0.1) is 31.6 Å². The van der Waals surface area contributed by atoms with Crippen LogP contribution in [0.3, 0.4) is 0 Å². The van der Waals surface area contributed by atoms with Gasteiger partial charge in [-0.1, -0.05) is 54.4 Å². The molecule has 4 rings (SSSR count). The van der Waals surface area contributed by atoms with E-state index in [1.807, 2.05) is 45.9 Å². The Morgan fingerprint density at radius 1 is 1.37 bits per heavy atom. The maximum atomic E-state index is 14.7. The lowest BCUT2D eigenvalue weighted by atomic mass is 9.70. The van der Waals surface area contributed by atoms with Gasteiger partial charge in [0.1, 0.15) is 11.6 Å². The zero-order valence-corrected chi connectivity index (χ0v) is 24.4. The van der Waals surface area contributed by atoms with Gasteiger partial charge in [0.05, 0.1) is 37.2 Å². The molecule has 1 N–H and O–H groups in total. The minimum atomic E-state index is -1.22. The first kappa shape index (κ1) is 28.8. The number of fused-ring (bicyclic) bond motifs is 1. The van der Waals surface area contributed by atoms with E-state index in [1.165, 1.54) is 4.90 Å². The third-order valence-corrected chi connectivity index (χ3v) is 9.44. The number of rotatable bonds is 10. The van der Waals surface area contributed by atoms with Crippen LogP contribution < -0.4 is 4.90 Å². The van der Waals surface area contributed by atoms with Crippen molar-refractivity contribution in [1.82, 2.24) is 4.90 Å². The highest BCUT2D eigenvalue weighted by Gasteiger charge is 2.77. The number of benzene rings is 1. The number of hydrogen-bond acceptors (Lipinski definition) is 6. The number of carbonyl (C=O) groups is 3. The minimum absolute atomic E-state index is 0.0824. The first-order valence-electron chi connectivity index (χ1n) is 13.5. The average Bonchev–Trinajstić information content (AvgIpc) is 3.48. The molecule has 1 aromatic rings. The van der Waals surface area contributed by atoms with Gasteiger partial charge in [-0.25, -0.2) is 0 Å². The van der Waals surface area contributed by atoms with Crippen LogP contribution in [0.5, 0.6) is 0 Å². The molecule has 0 saturated carbocycles. The van der Waals surface area contributed by atoms with E-state index in [0.717, 1.165) is 16.8 Å². The van der Waals surface area contributed by atoms with Crippen LogP contribution in [0.1, 0.15) is 44.7 Å². The molecular formula is C29H39BrN2O6. The summed E-state index contributed by atoms with van der Waals surface area (Å²) in [5, 5.41) is 10.5. The van der Waals surface area contributed by atoms with Gasteiger partial charge in [0.15, 0.2) is 0 Å². The number of alkyl halides is 1. The molecule has 2 amide bonds. The van der Waals surface area contributed by atoms with E-state index >= 15 is 0 Å². The zero-order chi connectivity index (χ0) is 27.9. The predicted molar refractivity (Wildman–Crippen MR) is 148 cm³/mol. The highest BCUT2D eigenvalue weighted by molar-refractivity contribution is 9.09. The monoisotopic (exact) mass is 590 g/mol. The number of carbonyl (C=O) groups excluding carboxylic acids is 3. The van der Waals surface area contributed by atoms with Crippen LogP contribution in [-0.2, 0) is 23.9 Å². The topological polar surface area (TPSA) is 96.4 Å². The number of hydrogen-bond donors (Lipinski definition) is 1. The van der Waals surface area contributed by atoms with Gasteiger partial charge in [0.2, 0.25) is 5.91 Å². The van der Waals surface area contributed by atoms with Crippen molar-refractivity contribution in [3.05, 3.63) is 42.0 Å². The molecule has 3 aliphatic rings. The maximum Gasteiger partial charge on any atom is 0.312 e. The molecule has 1 spiro atoms. The second kappa shape index (κ2) is 11.1. The van der Waals surface area contributed by atoms with Crippen molar-refractivity contribution in [2.75, 3.05) is 24.7 Å². The van der Waals surface area contributed by atoms with Crippen molar-refractivity contribution in [3.63, 3.8) is 0 Å². The molecule has 3 saturated heterocycles. The molecule has 3 fully saturated rings. The van der Waals surface area contributed by atoms with Crippen molar-refractivity contribution in [1.29, 1.82) is 0 Å². The fraction of sp³-hybridized carbons (Fsp3) is 0.621. The summed E-state index contributed by atoms with van der Waals surface area (Å²) >= 11 is 3.68. The van der Waals surface area contributed by atoms with Crippen LogP contribution >= 0.6 is 15.9 Å². The van der Waals surface area contributed by atoms with Gasteiger partial charge in [-0.3, -0.25) is 14.4 Å². The normalized spacial score (nSPS) is 31.2. The largest absolute Gasteiger partial charge is 0.466 e. The summed E-state index contributed by atoms with van der Waals surface area (Å²) in [5.41, 5.74) is 1.42. The summed E-state index contributed by atoms with van der Waals surface area (Å²) < 4.78 is 12.0. The summed E-state index contributed by atoms with van der Waals surface area (Å²) in [4.78, 5) is 45.1. The van der Waals surface area contributed by atoms with Gasteiger partial charge in [-0.2, -0.15) is 0 Å². The van der Waals surface area contributed by atoms with E-state index in [4.69, 9.17) is 9.47 Å². The SMILES string of the molecule is C=CCN(C(=O)[C@@H]1N([C@@H](CO)[C@@H](C)CC)C(=O)[C@H]2[C@H](C(=O)OCC)[C@H]3O[C@@]12CC3Br)c1cc(C)ccc1C. The molecule has 8 atom stereocenters. The van der Waals surface area contributed by atoms with Crippen LogP contribution in [0.15, 0.2) is 30.9 Å². The zero-order valence-electron chi connectivity index (χ0n) is 22.9. The van der Waals surface area contributed by atoms with E-state index in [1.54, 1.807) is 17.9 Å². The quantitative estimate of drug-likeness (QED) is 0.254. The van der Waals surface area contributed by atoms with Crippen molar-refractivity contribution >= 4 is 39.4 Å². The number of aliphatic hydroxyl groups excluding tert-OH is 1. The third kappa shape index (κ3) is 4.40. The molecular weight excluding hydrogens is 552 g/mol. The number of aliphatic hydroxyl groups is 1. The van der Waals surface area contributed by atoms with Gasteiger partial charge >= 0.3 is 5.97 Å². The Bertz CT molecular complexity index is 1110. The van der Waals surface area contributed by atoms with Gasteiger partial charge in [-0.05, 0) is 50.3 Å². The molecule has 0 aliphatic carbocycles. The molecule has 3 heterocycles. The van der Waals surface area contributed by atoms with Crippen LogP contribution in [0.4, 0.5) is 5.69 Å². The van der Waals surface area contributed by atoms with Crippen LogP contribution in [0.2, 0.25) is 0 Å². The number of nitrogens with zero attached hydrogens (tertiary/aromatic N) is 2. The van der Waals surface area contributed by atoms with Crippen molar-refractivity contribution < 1.29 is 29.0 Å². The van der Waals surface area contributed by atoms with Gasteiger partial charge in [0, 0.05) is 17.1 Å². The molecule has 1 aromatic carbocycles. The highest BCUT2D eigenvalue weighted by atomic mass is 79.9. The lowest BCUT2D eigenvalue weighted by Gasteiger charge is -2.41.